The fourth-order valence-electron chi connectivity index (χ4n) is 6.88. The molecule has 1 saturated heterocycles. The maximum atomic E-state index is 12.9. The number of methoxy groups -OCH3 is 1. The Labute approximate surface area is 250 Å². The van der Waals surface area contributed by atoms with E-state index in [0.29, 0.717) is 30.9 Å². The van der Waals surface area contributed by atoms with Crippen molar-refractivity contribution in [1.82, 2.24) is 4.90 Å². The number of aliphatic hydroxyl groups is 2. The lowest BCUT2D eigenvalue weighted by Gasteiger charge is -2.61. The van der Waals surface area contributed by atoms with E-state index in [2.05, 4.69) is 9.64 Å². The van der Waals surface area contributed by atoms with Gasteiger partial charge in [0.25, 0.3) is 0 Å². The molecule has 0 saturated carbocycles. The minimum atomic E-state index is -2.07. The number of benzene rings is 1. The SMILES string of the molecule is COc1ccc2c3c1O[C@H]1C(OC(=O)C[C@H](O)C(=O)O[C@@H](C)C(=O)O[C@@H](CC(=O)O)C(=O)O)=CC[C@@]4(O)[C@H](C2)N(C)CC[C@]314. The van der Waals surface area contributed by atoms with Gasteiger partial charge < -0.3 is 49.0 Å². The molecule has 0 amide bonds. The number of esters is 3. The first kappa shape index (κ1) is 31.2. The van der Waals surface area contributed by atoms with Gasteiger partial charge in [0.2, 0.25) is 6.10 Å². The van der Waals surface area contributed by atoms with Crippen molar-refractivity contribution >= 4 is 29.8 Å². The number of likely N-dealkylation sites (tertiary alicyclic amines) is 1. The number of carbonyl (C=O) groups is 5. The molecule has 1 spiro atoms. The van der Waals surface area contributed by atoms with Crippen LogP contribution in [0.4, 0.5) is 0 Å². The number of hydrogen-bond donors (Lipinski definition) is 4. The van der Waals surface area contributed by atoms with Crippen LogP contribution in [0.1, 0.15) is 43.7 Å². The molecule has 4 N–H and O–H groups in total. The summed E-state index contributed by atoms with van der Waals surface area (Å²) < 4.78 is 26.9. The molecule has 2 bridgehead atoms. The number of nitrogens with zero attached hydrogens (tertiary/aromatic N) is 1. The smallest absolute Gasteiger partial charge is 0.348 e. The molecule has 0 aromatic heterocycles. The lowest BCUT2D eigenvalue weighted by molar-refractivity contribution is -0.181. The van der Waals surface area contributed by atoms with Crippen LogP contribution in [0, 0.1) is 0 Å². The highest BCUT2D eigenvalue weighted by molar-refractivity contribution is 5.87. The van der Waals surface area contributed by atoms with E-state index < -0.39 is 78.1 Å². The van der Waals surface area contributed by atoms with Gasteiger partial charge in [0.1, 0.15) is 5.76 Å². The Morgan fingerprint density at radius 3 is 2.50 bits per heavy atom. The predicted molar refractivity (Wildman–Crippen MR) is 144 cm³/mol. The molecule has 2 aliphatic heterocycles. The summed E-state index contributed by atoms with van der Waals surface area (Å²) in [4.78, 5) is 61.5. The van der Waals surface area contributed by atoms with E-state index in [4.69, 9.17) is 29.2 Å². The van der Waals surface area contributed by atoms with E-state index in [1.54, 1.807) is 12.1 Å². The lowest BCUT2D eigenvalue weighted by Crippen LogP contribution is -2.74. The van der Waals surface area contributed by atoms with Gasteiger partial charge in [-0.2, -0.15) is 0 Å². The number of rotatable bonds is 11. The minimum Gasteiger partial charge on any atom is -0.493 e. The Hall–Kier alpha value is -4.21. The van der Waals surface area contributed by atoms with Gasteiger partial charge in [0.15, 0.2) is 29.8 Å². The highest BCUT2D eigenvalue weighted by atomic mass is 16.6. The molecular weight excluding hydrogens is 586 g/mol. The van der Waals surface area contributed by atoms with Crippen LogP contribution in [0.15, 0.2) is 24.0 Å². The minimum absolute atomic E-state index is 0.115. The number of aliphatic carboxylic acids is 2. The summed E-state index contributed by atoms with van der Waals surface area (Å²) in [5, 5.41) is 40.3. The van der Waals surface area contributed by atoms with Crippen molar-refractivity contribution in [2.75, 3.05) is 20.7 Å². The number of aliphatic hydroxyl groups excluding tert-OH is 1. The first-order chi connectivity index (χ1) is 20.7. The second-order valence-corrected chi connectivity index (χ2v) is 11.4. The van der Waals surface area contributed by atoms with Crippen molar-refractivity contribution in [3.05, 3.63) is 35.1 Å². The first-order valence-electron chi connectivity index (χ1n) is 14.0. The van der Waals surface area contributed by atoms with Gasteiger partial charge in [0.05, 0.1) is 31.0 Å². The molecule has 0 unspecified atom stereocenters. The van der Waals surface area contributed by atoms with Gasteiger partial charge in [-0.15, -0.1) is 0 Å². The summed E-state index contributed by atoms with van der Waals surface area (Å²) in [7, 11) is 3.46. The van der Waals surface area contributed by atoms with Crippen LogP contribution in [-0.4, -0.2) is 112 Å². The quantitative estimate of drug-likeness (QED) is 0.184. The molecule has 15 nitrogen and oxygen atoms in total. The monoisotopic (exact) mass is 619 g/mol. The van der Waals surface area contributed by atoms with E-state index >= 15 is 0 Å². The third kappa shape index (κ3) is 4.94. The van der Waals surface area contributed by atoms with Crippen molar-refractivity contribution in [3.63, 3.8) is 0 Å². The van der Waals surface area contributed by atoms with Crippen molar-refractivity contribution < 1.29 is 68.1 Å². The predicted octanol–water partition coefficient (Wildman–Crippen LogP) is -0.330. The van der Waals surface area contributed by atoms with Gasteiger partial charge in [-0.1, -0.05) is 6.07 Å². The summed E-state index contributed by atoms with van der Waals surface area (Å²) in [6.07, 6.45) is -5.76. The molecule has 2 aliphatic carbocycles. The maximum Gasteiger partial charge on any atom is 0.348 e. The number of likely N-dealkylation sites (N-methyl/N-ethyl adjacent to an activating group) is 1. The molecule has 44 heavy (non-hydrogen) atoms. The Bertz CT molecular complexity index is 1440. The van der Waals surface area contributed by atoms with E-state index in [0.717, 1.165) is 18.1 Å². The molecule has 1 fully saturated rings. The number of hydrogen-bond acceptors (Lipinski definition) is 13. The van der Waals surface area contributed by atoms with Gasteiger partial charge in [-0.25, -0.2) is 14.4 Å². The molecular formula is C29H33NO14. The van der Waals surface area contributed by atoms with Crippen LogP contribution in [-0.2, 0) is 50.0 Å². The second-order valence-electron chi connectivity index (χ2n) is 11.4. The van der Waals surface area contributed by atoms with Crippen LogP contribution in [0.5, 0.6) is 11.5 Å². The summed E-state index contributed by atoms with van der Waals surface area (Å²) >= 11 is 0. The van der Waals surface area contributed by atoms with Crippen LogP contribution in [0.25, 0.3) is 0 Å². The summed E-state index contributed by atoms with van der Waals surface area (Å²) in [6.45, 7) is 1.67. The van der Waals surface area contributed by atoms with Crippen molar-refractivity contribution in [2.45, 2.75) is 80.5 Å². The van der Waals surface area contributed by atoms with E-state index in [1.807, 2.05) is 13.1 Å². The zero-order valence-electron chi connectivity index (χ0n) is 24.2. The molecule has 0 radical (unpaired) electrons. The molecule has 1 aromatic carbocycles. The highest BCUT2D eigenvalue weighted by Crippen LogP contribution is 2.65. The molecule has 7 atom stereocenters. The van der Waals surface area contributed by atoms with Crippen LogP contribution in [0.2, 0.25) is 0 Å². The average molecular weight is 620 g/mol. The number of carboxylic acid groups (broad SMARTS) is 2. The summed E-state index contributed by atoms with van der Waals surface area (Å²) in [5.41, 5.74) is -0.342. The topological polar surface area (TPSA) is 216 Å². The number of piperidine rings is 1. The first-order valence-corrected chi connectivity index (χ1v) is 14.0. The molecule has 15 heteroatoms. The Morgan fingerprint density at radius 1 is 1.11 bits per heavy atom. The number of carbonyl (C=O) groups excluding carboxylic acids is 3. The normalized spacial score (nSPS) is 28.2. The molecule has 4 aliphatic rings. The van der Waals surface area contributed by atoms with E-state index in [-0.39, 0.29) is 18.2 Å². The Morgan fingerprint density at radius 2 is 1.84 bits per heavy atom. The highest BCUT2D eigenvalue weighted by Gasteiger charge is 2.72. The van der Waals surface area contributed by atoms with Crippen LogP contribution < -0.4 is 9.47 Å². The fourth-order valence-corrected chi connectivity index (χ4v) is 6.88. The van der Waals surface area contributed by atoms with Crippen molar-refractivity contribution in [2.24, 2.45) is 0 Å². The fraction of sp³-hybridized carbons (Fsp3) is 0.552. The number of ether oxygens (including phenoxy) is 5. The van der Waals surface area contributed by atoms with Gasteiger partial charge >= 0.3 is 29.8 Å². The molecule has 238 valence electrons. The van der Waals surface area contributed by atoms with Crippen LogP contribution in [0.3, 0.4) is 0 Å². The zero-order valence-corrected chi connectivity index (χ0v) is 24.2. The van der Waals surface area contributed by atoms with E-state index in [1.165, 1.54) is 7.11 Å². The van der Waals surface area contributed by atoms with Crippen molar-refractivity contribution in [3.8, 4) is 11.5 Å². The average Bonchev–Trinajstić information content (AvgIpc) is 3.31. The Balaban J connectivity index is 1.27. The summed E-state index contributed by atoms with van der Waals surface area (Å²) in [6, 6.07) is 3.53. The van der Waals surface area contributed by atoms with Crippen molar-refractivity contribution in [1.29, 1.82) is 0 Å². The molecule has 5 rings (SSSR count). The van der Waals surface area contributed by atoms with E-state index in [9.17, 15) is 34.2 Å². The number of carboxylic acids is 2. The zero-order chi connectivity index (χ0) is 32.1. The van der Waals surface area contributed by atoms with Crippen LogP contribution >= 0.6 is 0 Å². The van der Waals surface area contributed by atoms with Gasteiger partial charge in [-0.05, 0) is 51.1 Å². The van der Waals surface area contributed by atoms with Gasteiger partial charge in [-0.3, -0.25) is 9.59 Å². The standard InChI is InChI=1S/C29H33NO14/c1-13(26(37)43-18(25(35)36)12-20(32)33)41-27(38)15(31)11-21(34)42-17-6-7-29(39)19-10-14-4-5-16(40-3)23-22(14)28(29,24(17)44-23)8-9-30(19)2/h4-6,13,15,18-19,24,31,39H,7-12H2,1-3H3,(H,32,33)(H,35,36)/t13-,15-,18-,19-,24-,28-,29+/m0/s1. The maximum absolute atomic E-state index is 12.9. The largest absolute Gasteiger partial charge is 0.493 e. The van der Waals surface area contributed by atoms with Gasteiger partial charge in [0, 0.05) is 18.0 Å². The third-order valence-corrected chi connectivity index (χ3v) is 8.94. The Kier molecular flexibility index (Phi) is 8.07. The molecule has 1 aromatic rings. The summed E-state index contributed by atoms with van der Waals surface area (Å²) in [5.74, 6) is -5.97. The molecule has 2 heterocycles. The lowest BCUT2D eigenvalue weighted by atomic mass is 9.50. The third-order valence-electron chi connectivity index (χ3n) is 8.94. The second kappa shape index (κ2) is 11.4.